The smallest absolute Gasteiger partial charge is 0.246 e. The molecule has 6 nitrogen and oxygen atoms in total. The highest BCUT2D eigenvalue weighted by atomic mass is 19.1. The second-order valence-corrected chi connectivity index (χ2v) is 8.89. The summed E-state index contributed by atoms with van der Waals surface area (Å²) in [6.45, 7) is 4.39. The Morgan fingerprint density at radius 1 is 0.938 bits per heavy atom. The number of aryl methyl sites for hydroxylation is 1. The van der Waals surface area contributed by atoms with E-state index in [1.165, 1.54) is 55.5 Å². The van der Waals surface area contributed by atoms with E-state index in [9.17, 15) is 8.78 Å². The molecule has 8 heteroatoms. The van der Waals surface area contributed by atoms with E-state index in [2.05, 4.69) is 38.6 Å². The Morgan fingerprint density at radius 2 is 1.66 bits per heavy atom. The van der Waals surface area contributed by atoms with Gasteiger partial charge in [0.2, 0.25) is 5.95 Å². The van der Waals surface area contributed by atoms with Gasteiger partial charge in [-0.2, -0.15) is 4.98 Å². The van der Waals surface area contributed by atoms with E-state index in [0.29, 0.717) is 12.0 Å². The second kappa shape index (κ2) is 8.86. The number of benzene rings is 2. The van der Waals surface area contributed by atoms with E-state index < -0.39 is 11.6 Å². The summed E-state index contributed by atoms with van der Waals surface area (Å²) in [5.41, 5.74) is 3.34. The molecule has 1 aromatic heterocycles. The van der Waals surface area contributed by atoms with Gasteiger partial charge in [-0.05, 0) is 68.5 Å². The molecule has 0 radical (unpaired) electrons. The molecule has 5 rings (SSSR count). The predicted octanol–water partition coefficient (Wildman–Crippen LogP) is 5.52. The van der Waals surface area contributed by atoms with Crippen LogP contribution in [-0.2, 0) is 0 Å². The first-order valence-corrected chi connectivity index (χ1v) is 11.3. The number of anilines is 3. The molecule has 3 aromatic rings. The van der Waals surface area contributed by atoms with E-state index in [0.717, 1.165) is 41.9 Å². The van der Waals surface area contributed by atoms with Gasteiger partial charge < -0.3 is 15.5 Å². The van der Waals surface area contributed by atoms with Gasteiger partial charge in [0.1, 0.15) is 18.0 Å². The van der Waals surface area contributed by atoms with Crippen molar-refractivity contribution in [1.29, 1.82) is 0 Å². The number of rotatable bonds is 6. The van der Waals surface area contributed by atoms with Crippen LogP contribution >= 0.6 is 0 Å². The molecule has 2 aromatic carbocycles. The zero-order chi connectivity index (χ0) is 22.1. The molecule has 1 aliphatic heterocycles. The van der Waals surface area contributed by atoms with Gasteiger partial charge in [0.25, 0.3) is 0 Å². The van der Waals surface area contributed by atoms with Crippen LogP contribution in [0.15, 0.2) is 42.7 Å². The van der Waals surface area contributed by atoms with Gasteiger partial charge >= 0.3 is 0 Å². The first kappa shape index (κ1) is 20.9. The summed E-state index contributed by atoms with van der Waals surface area (Å²) < 4.78 is 28.4. The van der Waals surface area contributed by atoms with Crippen LogP contribution in [-0.4, -0.2) is 44.8 Å². The largest absolute Gasteiger partial charge is 0.382 e. The van der Waals surface area contributed by atoms with Gasteiger partial charge in [0.05, 0.1) is 5.69 Å². The molecule has 0 spiro atoms. The molecule has 172 valence electrons. The molecule has 32 heavy (non-hydrogen) atoms. The summed E-state index contributed by atoms with van der Waals surface area (Å²) in [4.78, 5) is 6.88. The van der Waals surface area contributed by atoms with Crippen LogP contribution in [0.4, 0.5) is 26.1 Å². The van der Waals surface area contributed by atoms with Crippen molar-refractivity contribution in [3.8, 4) is 5.69 Å². The normalized spacial score (nSPS) is 17.8. The molecule has 1 aliphatic carbocycles. The number of hydrogen-bond donors (Lipinski definition) is 2. The number of aromatic nitrogens is 3. The van der Waals surface area contributed by atoms with E-state index in [4.69, 9.17) is 0 Å². The van der Waals surface area contributed by atoms with E-state index in [-0.39, 0.29) is 8.54 Å². The van der Waals surface area contributed by atoms with E-state index in [1.54, 1.807) is 0 Å². The lowest BCUT2D eigenvalue weighted by Crippen LogP contribution is -2.47. The Balaban J connectivity index is 0.00000162. The number of nitrogens with one attached hydrogen (secondary N) is 2. The van der Waals surface area contributed by atoms with Gasteiger partial charge in [-0.15, -0.1) is 5.10 Å². The number of hydrogen-bond acceptors (Lipinski definition) is 5. The van der Waals surface area contributed by atoms with Crippen molar-refractivity contribution in [3.63, 3.8) is 0 Å². The fourth-order valence-corrected chi connectivity index (χ4v) is 4.58. The highest BCUT2D eigenvalue weighted by molar-refractivity contribution is 5.63. The molecule has 2 heterocycles. The standard InChI is InChI=1S/C24H28F2N6.2H2/c1-16-9-20(28-19-5-7-31(8-6-19)22-3-2-4-22)14-21(10-16)29-24-27-15-32(30-24)23-12-17(25)11-18(26)13-23;;/h9-15,19,22,28H,2-8H2,1H3,(H,29,30);2*1H. The Morgan fingerprint density at radius 3 is 2.34 bits per heavy atom. The molecule has 2 N–H and O–H groups in total. The summed E-state index contributed by atoms with van der Waals surface area (Å²) in [5, 5.41) is 11.2. The number of likely N-dealkylation sites (tertiary alicyclic amines) is 1. The molecule has 0 amide bonds. The van der Waals surface area contributed by atoms with Crippen LogP contribution in [0.1, 0.15) is 40.5 Å². The average molecular weight is 443 g/mol. The van der Waals surface area contributed by atoms with Gasteiger partial charge in [0.15, 0.2) is 0 Å². The van der Waals surface area contributed by atoms with Crippen LogP contribution in [0.2, 0.25) is 0 Å². The minimum atomic E-state index is -0.655. The third-order valence-corrected chi connectivity index (χ3v) is 6.43. The Hall–Kier alpha value is -3.00. The van der Waals surface area contributed by atoms with Gasteiger partial charge in [-0.25, -0.2) is 13.5 Å². The van der Waals surface area contributed by atoms with Crippen LogP contribution in [0.25, 0.3) is 5.69 Å². The van der Waals surface area contributed by atoms with E-state index in [1.807, 2.05) is 12.1 Å². The molecule has 2 aliphatic rings. The van der Waals surface area contributed by atoms with Crippen molar-refractivity contribution < 1.29 is 11.6 Å². The summed E-state index contributed by atoms with van der Waals surface area (Å²) in [6, 6.07) is 10.8. The van der Waals surface area contributed by atoms with Crippen molar-refractivity contribution in [2.75, 3.05) is 23.7 Å². The van der Waals surface area contributed by atoms with Gasteiger partial charge in [0, 0.05) is 45.5 Å². The van der Waals surface area contributed by atoms with Crippen molar-refractivity contribution in [1.82, 2.24) is 19.7 Å². The quantitative estimate of drug-likeness (QED) is 0.527. The number of nitrogens with zero attached hydrogens (tertiary/aromatic N) is 4. The summed E-state index contributed by atoms with van der Waals surface area (Å²) in [6.07, 6.45) is 7.86. The minimum Gasteiger partial charge on any atom is -0.382 e. The molecule has 2 fully saturated rings. The van der Waals surface area contributed by atoms with Gasteiger partial charge in [-0.3, -0.25) is 0 Å². The zero-order valence-corrected chi connectivity index (χ0v) is 18.2. The summed E-state index contributed by atoms with van der Waals surface area (Å²) in [5.74, 6) is -0.948. The second-order valence-electron chi connectivity index (χ2n) is 8.89. The van der Waals surface area contributed by atoms with Crippen molar-refractivity contribution in [2.24, 2.45) is 0 Å². The van der Waals surface area contributed by atoms with Gasteiger partial charge in [-0.1, -0.05) is 6.42 Å². The maximum Gasteiger partial charge on any atom is 0.246 e. The number of piperidine rings is 1. The van der Waals surface area contributed by atoms with Crippen LogP contribution in [0.5, 0.6) is 0 Å². The molecular weight excluding hydrogens is 410 g/mol. The van der Waals surface area contributed by atoms with Crippen molar-refractivity contribution >= 4 is 17.3 Å². The van der Waals surface area contributed by atoms with Crippen molar-refractivity contribution in [2.45, 2.75) is 51.1 Å². The average Bonchev–Trinajstić information content (AvgIpc) is 3.15. The maximum atomic E-state index is 13.5. The topological polar surface area (TPSA) is 58.0 Å². The minimum absolute atomic E-state index is 0. The Labute approximate surface area is 189 Å². The van der Waals surface area contributed by atoms with Crippen LogP contribution in [0.3, 0.4) is 0 Å². The van der Waals surface area contributed by atoms with Crippen molar-refractivity contribution in [3.05, 3.63) is 59.9 Å². The maximum absolute atomic E-state index is 13.5. The predicted molar refractivity (Wildman–Crippen MR) is 126 cm³/mol. The van der Waals surface area contributed by atoms with Crippen LogP contribution < -0.4 is 10.6 Å². The first-order valence-electron chi connectivity index (χ1n) is 11.3. The fourth-order valence-electron chi connectivity index (χ4n) is 4.58. The number of halogens is 2. The van der Waals surface area contributed by atoms with E-state index >= 15 is 0 Å². The molecule has 1 saturated heterocycles. The summed E-state index contributed by atoms with van der Waals surface area (Å²) in [7, 11) is 0. The van der Waals surface area contributed by atoms with Crippen LogP contribution in [0, 0.1) is 18.6 Å². The lowest BCUT2D eigenvalue weighted by atomic mass is 9.89. The third-order valence-electron chi connectivity index (χ3n) is 6.43. The highest BCUT2D eigenvalue weighted by Crippen LogP contribution is 2.29. The SMILES string of the molecule is Cc1cc(Nc2ncn(-c3cc(F)cc(F)c3)n2)cc(NC2CCN(C3CCC3)CC2)c1.[HH].[HH]. The highest BCUT2D eigenvalue weighted by Gasteiger charge is 2.28. The Bertz CT molecular complexity index is 1080. The monoisotopic (exact) mass is 442 g/mol. The Kier molecular flexibility index (Phi) is 5.78. The zero-order valence-electron chi connectivity index (χ0n) is 18.2. The molecular formula is C24H32F2N6. The fraction of sp³-hybridized carbons (Fsp3) is 0.417. The lowest BCUT2D eigenvalue weighted by molar-refractivity contribution is 0.101. The first-order chi connectivity index (χ1) is 15.5. The molecule has 0 bridgehead atoms. The third kappa shape index (κ3) is 4.75. The lowest BCUT2D eigenvalue weighted by Gasteiger charge is -2.42. The molecule has 0 unspecified atom stereocenters. The molecule has 0 atom stereocenters. The molecule has 1 saturated carbocycles. The summed E-state index contributed by atoms with van der Waals surface area (Å²) >= 11 is 0.